The Balaban J connectivity index is 2.78. The van der Waals surface area contributed by atoms with Gasteiger partial charge in [-0.2, -0.15) is 0 Å². The van der Waals surface area contributed by atoms with Crippen LogP contribution in [0.15, 0.2) is 18.2 Å². The SMILES string of the molecule is Cc1cccc(C(=O)OCC(C)C)c1O. The molecule has 0 fully saturated rings. The van der Waals surface area contributed by atoms with Crippen LogP contribution in [-0.2, 0) is 4.74 Å². The first-order valence-corrected chi connectivity index (χ1v) is 4.98. The lowest BCUT2D eigenvalue weighted by molar-refractivity contribution is 0.0455. The van der Waals surface area contributed by atoms with Crippen molar-refractivity contribution in [2.24, 2.45) is 5.92 Å². The molecule has 0 aliphatic heterocycles. The monoisotopic (exact) mass is 208 g/mol. The summed E-state index contributed by atoms with van der Waals surface area (Å²) in [6, 6.07) is 5.03. The van der Waals surface area contributed by atoms with E-state index in [2.05, 4.69) is 0 Å². The minimum atomic E-state index is -0.468. The van der Waals surface area contributed by atoms with Gasteiger partial charge in [0.05, 0.1) is 6.61 Å². The van der Waals surface area contributed by atoms with Crippen LogP contribution in [-0.4, -0.2) is 17.7 Å². The Hall–Kier alpha value is -1.51. The van der Waals surface area contributed by atoms with Gasteiger partial charge in [0.15, 0.2) is 0 Å². The molecule has 0 aliphatic rings. The largest absolute Gasteiger partial charge is 0.507 e. The lowest BCUT2D eigenvalue weighted by Gasteiger charge is -2.09. The van der Waals surface area contributed by atoms with Crippen LogP contribution in [0, 0.1) is 12.8 Å². The summed E-state index contributed by atoms with van der Waals surface area (Å²) in [6.07, 6.45) is 0. The highest BCUT2D eigenvalue weighted by Crippen LogP contribution is 2.22. The maximum atomic E-state index is 11.5. The molecule has 0 heterocycles. The van der Waals surface area contributed by atoms with Gasteiger partial charge in [-0.1, -0.05) is 26.0 Å². The predicted octanol–water partition coefficient (Wildman–Crippen LogP) is 2.51. The second-order valence-corrected chi connectivity index (χ2v) is 3.96. The third-order valence-corrected chi connectivity index (χ3v) is 2.01. The van der Waals surface area contributed by atoms with Gasteiger partial charge < -0.3 is 9.84 Å². The highest BCUT2D eigenvalue weighted by Gasteiger charge is 2.13. The number of hydrogen-bond acceptors (Lipinski definition) is 3. The molecular formula is C12H16O3. The molecule has 1 aromatic rings. The van der Waals surface area contributed by atoms with Crippen molar-refractivity contribution < 1.29 is 14.6 Å². The number of ether oxygens (including phenoxy) is 1. The van der Waals surface area contributed by atoms with Crippen molar-refractivity contribution in [1.82, 2.24) is 0 Å². The van der Waals surface area contributed by atoms with E-state index in [0.717, 1.165) is 0 Å². The molecule has 0 radical (unpaired) electrons. The van der Waals surface area contributed by atoms with E-state index in [-0.39, 0.29) is 11.3 Å². The van der Waals surface area contributed by atoms with Gasteiger partial charge in [0.25, 0.3) is 0 Å². The highest BCUT2D eigenvalue weighted by molar-refractivity contribution is 5.92. The summed E-state index contributed by atoms with van der Waals surface area (Å²) in [6.45, 7) is 6.04. The summed E-state index contributed by atoms with van der Waals surface area (Å²) >= 11 is 0. The first-order valence-electron chi connectivity index (χ1n) is 4.98. The van der Waals surface area contributed by atoms with E-state index < -0.39 is 5.97 Å². The van der Waals surface area contributed by atoms with E-state index in [1.807, 2.05) is 13.8 Å². The van der Waals surface area contributed by atoms with Crippen LogP contribution in [0.4, 0.5) is 0 Å². The smallest absolute Gasteiger partial charge is 0.341 e. The molecule has 0 saturated heterocycles. The molecular weight excluding hydrogens is 192 g/mol. The Labute approximate surface area is 89.7 Å². The second kappa shape index (κ2) is 4.82. The van der Waals surface area contributed by atoms with Gasteiger partial charge in [0, 0.05) is 0 Å². The summed E-state index contributed by atoms with van der Waals surface area (Å²) in [4.78, 5) is 11.5. The molecule has 0 bridgehead atoms. The van der Waals surface area contributed by atoms with Crippen molar-refractivity contribution >= 4 is 5.97 Å². The van der Waals surface area contributed by atoms with Crippen LogP contribution in [0.3, 0.4) is 0 Å². The number of aromatic hydroxyl groups is 1. The predicted molar refractivity (Wildman–Crippen MR) is 58.0 cm³/mol. The summed E-state index contributed by atoms with van der Waals surface area (Å²) < 4.78 is 5.03. The lowest BCUT2D eigenvalue weighted by atomic mass is 10.1. The van der Waals surface area contributed by atoms with Crippen molar-refractivity contribution in [1.29, 1.82) is 0 Å². The van der Waals surface area contributed by atoms with E-state index >= 15 is 0 Å². The maximum absolute atomic E-state index is 11.5. The minimum absolute atomic E-state index is 0.00579. The number of esters is 1. The number of phenolic OH excluding ortho intramolecular Hbond substituents is 1. The van der Waals surface area contributed by atoms with Crippen LogP contribution >= 0.6 is 0 Å². The van der Waals surface area contributed by atoms with Gasteiger partial charge in [0.1, 0.15) is 11.3 Å². The number of carbonyl (C=O) groups is 1. The van der Waals surface area contributed by atoms with Crippen molar-refractivity contribution in [2.45, 2.75) is 20.8 Å². The number of hydrogen-bond donors (Lipinski definition) is 1. The number of benzene rings is 1. The number of aryl methyl sites for hydroxylation is 1. The van der Waals surface area contributed by atoms with Crippen molar-refractivity contribution in [3.8, 4) is 5.75 Å². The zero-order valence-corrected chi connectivity index (χ0v) is 9.28. The molecule has 82 valence electrons. The Bertz CT molecular complexity index is 356. The number of carbonyl (C=O) groups excluding carboxylic acids is 1. The molecule has 1 aromatic carbocycles. The van der Waals surface area contributed by atoms with Gasteiger partial charge in [-0.15, -0.1) is 0 Å². The molecule has 3 heteroatoms. The molecule has 3 nitrogen and oxygen atoms in total. The minimum Gasteiger partial charge on any atom is -0.507 e. The molecule has 0 spiro atoms. The van der Waals surface area contributed by atoms with E-state index in [1.165, 1.54) is 0 Å². The first kappa shape index (κ1) is 11.6. The summed E-state index contributed by atoms with van der Waals surface area (Å²) in [5.41, 5.74) is 0.907. The molecule has 1 N–H and O–H groups in total. The molecule has 1 rings (SSSR count). The molecule has 0 aliphatic carbocycles. The topological polar surface area (TPSA) is 46.5 Å². The molecule has 0 unspecified atom stereocenters. The molecule has 0 saturated carbocycles. The van der Waals surface area contributed by atoms with Crippen LogP contribution in [0.5, 0.6) is 5.75 Å². The average Bonchev–Trinajstić information content (AvgIpc) is 2.18. The van der Waals surface area contributed by atoms with E-state index in [0.29, 0.717) is 18.1 Å². The summed E-state index contributed by atoms with van der Waals surface area (Å²) in [5, 5.41) is 9.63. The molecule has 0 atom stereocenters. The molecule has 0 amide bonds. The fraction of sp³-hybridized carbons (Fsp3) is 0.417. The quantitative estimate of drug-likeness (QED) is 0.776. The first-order chi connectivity index (χ1) is 7.02. The number of phenols is 1. The van der Waals surface area contributed by atoms with Gasteiger partial charge >= 0.3 is 5.97 Å². The fourth-order valence-electron chi connectivity index (χ4n) is 1.14. The van der Waals surface area contributed by atoms with Crippen molar-refractivity contribution in [3.63, 3.8) is 0 Å². The fourth-order valence-corrected chi connectivity index (χ4v) is 1.14. The van der Waals surface area contributed by atoms with Gasteiger partial charge in [-0.3, -0.25) is 0 Å². The van der Waals surface area contributed by atoms with Crippen molar-refractivity contribution in [2.75, 3.05) is 6.61 Å². The van der Waals surface area contributed by atoms with Crippen LogP contribution in [0.1, 0.15) is 29.8 Å². The van der Waals surface area contributed by atoms with Crippen LogP contribution in [0.2, 0.25) is 0 Å². The van der Waals surface area contributed by atoms with Gasteiger partial charge in [0.2, 0.25) is 0 Å². The zero-order chi connectivity index (χ0) is 11.4. The lowest BCUT2D eigenvalue weighted by Crippen LogP contribution is -2.10. The van der Waals surface area contributed by atoms with Gasteiger partial charge in [-0.05, 0) is 24.5 Å². The third kappa shape index (κ3) is 2.98. The Morgan fingerprint density at radius 3 is 2.73 bits per heavy atom. The summed E-state index contributed by atoms with van der Waals surface area (Å²) in [7, 11) is 0. The van der Waals surface area contributed by atoms with E-state index in [4.69, 9.17) is 4.74 Å². The molecule has 15 heavy (non-hydrogen) atoms. The maximum Gasteiger partial charge on any atom is 0.341 e. The zero-order valence-electron chi connectivity index (χ0n) is 9.28. The number of para-hydroxylation sites is 1. The Kier molecular flexibility index (Phi) is 3.72. The summed E-state index contributed by atoms with van der Waals surface area (Å²) in [5.74, 6) is -0.169. The Morgan fingerprint density at radius 2 is 2.13 bits per heavy atom. The van der Waals surface area contributed by atoms with E-state index in [9.17, 15) is 9.90 Å². The van der Waals surface area contributed by atoms with E-state index in [1.54, 1.807) is 25.1 Å². The average molecular weight is 208 g/mol. The highest BCUT2D eigenvalue weighted by atomic mass is 16.5. The van der Waals surface area contributed by atoms with Crippen molar-refractivity contribution in [3.05, 3.63) is 29.3 Å². The Morgan fingerprint density at radius 1 is 1.47 bits per heavy atom. The van der Waals surface area contributed by atoms with Crippen LogP contribution < -0.4 is 0 Å². The second-order valence-electron chi connectivity index (χ2n) is 3.96. The number of rotatable bonds is 3. The molecule has 0 aromatic heterocycles. The van der Waals surface area contributed by atoms with Gasteiger partial charge in [-0.25, -0.2) is 4.79 Å². The van der Waals surface area contributed by atoms with Crippen LogP contribution in [0.25, 0.3) is 0 Å². The third-order valence-electron chi connectivity index (χ3n) is 2.01. The standard InChI is InChI=1S/C12H16O3/c1-8(2)7-15-12(14)10-6-4-5-9(3)11(10)13/h4-6,8,13H,7H2,1-3H3. The normalized spacial score (nSPS) is 10.4.